The number of nitro groups is 1. The monoisotopic (exact) mass is 359 g/mol. The van der Waals surface area contributed by atoms with E-state index in [1.807, 2.05) is 24.3 Å². The van der Waals surface area contributed by atoms with E-state index in [4.69, 9.17) is 0 Å². The summed E-state index contributed by atoms with van der Waals surface area (Å²) in [6, 6.07) is 13.9. The predicted octanol–water partition coefficient (Wildman–Crippen LogP) is 4.32. The number of benzene rings is 2. The first-order valence-electron chi connectivity index (χ1n) is 7.11. The number of aromatic nitrogens is 1. The van der Waals surface area contributed by atoms with Crippen molar-refractivity contribution in [1.29, 1.82) is 0 Å². The average Bonchev–Trinajstić information content (AvgIpc) is 2.97. The number of thiazole rings is 1. The third-order valence-corrected chi connectivity index (χ3v) is 5.51. The lowest BCUT2D eigenvalue weighted by molar-refractivity contribution is -0.383. The van der Waals surface area contributed by atoms with Crippen LogP contribution in [-0.4, -0.2) is 21.1 Å². The number of hydrogen-bond donors (Lipinski definition) is 1. The van der Waals surface area contributed by atoms with Crippen molar-refractivity contribution in [2.24, 2.45) is 0 Å². The third kappa shape index (κ3) is 3.55. The molecular weight excluding hydrogens is 346 g/mol. The van der Waals surface area contributed by atoms with Crippen molar-refractivity contribution in [1.82, 2.24) is 4.98 Å². The standard InChI is InChI=1S/C16H13N3O3S2/c1-10(23-16-18-12-7-3-5-9-14(12)24-16)15(20)17-11-6-2-4-8-13(11)19(21)22/h2-10H,1H3,(H,17,20)/t10-/m1/s1. The largest absolute Gasteiger partial charge is 0.319 e. The second-order valence-electron chi connectivity index (χ2n) is 4.97. The Morgan fingerprint density at radius 1 is 1.25 bits per heavy atom. The highest BCUT2D eigenvalue weighted by Crippen LogP contribution is 2.32. The van der Waals surface area contributed by atoms with Crippen LogP contribution in [0.1, 0.15) is 6.92 Å². The number of nitro benzene ring substituents is 1. The first-order valence-corrected chi connectivity index (χ1v) is 8.81. The lowest BCUT2D eigenvalue weighted by Gasteiger charge is -2.10. The van der Waals surface area contributed by atoms with Gasteiger partial charge in [-0.2, -0.15) is 0 Å². The zero-order chi connectivity index (χ0) is 17.1. The summed E-state index contributed by atoms with van der Waals surface area (Å²) in [6.07, 6.45) is 0. The number of nitrogens with zero attached hydrogens (tertiary/aromatic N) is 2. The van der Waals surface area contributed by atoms with Crippen molar-refractivity contribution in [3.63, 3.8) is 0 Å². The Balaban J connectivity index is 1.72. The normalized spacial score (nSPS) is 12.0. The zero-order valence-electron chi connectivity index (χ0n) is 12.6. The van der Waals surface area contributed by atoms with E-state index in [9.17, 15) is 14.9 Å². The molecule has 1 amide bonds. The van der Waals surface area contributed by atoms with Crippen molar-refractivity contribution < 1.29 is 9.72 Å². The van der Waals surface area contributed by atoms with Gasteiger partial charge in [0, 0.05) is 6.07 Å². The quantitative estimate of drug-likeness (QED) is 0.416. The van der Waals surface area contributed by atoms with E-state index in [2.05, 4.69) is 10.3 Å². The number of anilines is 1. The minimum Gasteiger partial charge on any atom is -0.319 e. The lowest BCUT2D eigenvalue weighted by atomic mass is 10.2. The van der Waals surface area contributed by atoms with E-state index in [0.717, 1.165) is 14.6 Å². The number of carbonyl (C=O) groups excluding carboxylic acids is 1. The Labute approximate surface area is 146 Å². The van der Waals surface area contributed by atoms with Crippen LogP contribution in [0.3, 0.4) is 0 Å². The summed E-state index contributed by atoms with van der Waals surface area (Å²) in [5.41, 5.74) is 0.976. The van der Waals surface area contributed by atoms with Crippen molar-refractivity contribution >= 4 is 50.6 Å². The summed E-state index contributed by atoms with van der Waals surface area (Å²) in [5, 5.41) is 13.2. The number of amides is 1. The molecule has 0 fully saturated rings. The predicted molar refractivity (Wildman–Crippen MR) is 96.7 cm³/mol. The molecule has 0 radical (unpaired) electrons. The van der Waals surface area contributed by atoms with Crippen LogP contribution in [0, 0.1) is 10.1 Å². The van der Waals surface area contributed by atoms with Crippen LogP contribution in [0.2, 0.25) is 0 Å². The van der Waals surface area contributed by atoms with Gasteiger partial charge in [0.25, 0.3) is 5.69 Å². The van der Waals surface area contributed by atoms with Gasteiger partial charge in [0.15, 0.2) is 4.34 Å². The van der Waals surface area contributed by atoms with Gasteiger partial charge in [-0.05, 0) is 25.1 Å². The minimum absolute atomic E-state index is 0.122. The molecule has 1 heterocycles. The maximum Gasteiger partial charge on any atom is 0.292 e. The summed E-state index contributed by atoms with van der Waals surface area (Å²) in [7, 11) is 0. The average molecular weight is 359 g/mol. The highest BCUT2D eigenvalue weighted by Gasteiger charge is 2.20. The Bertz CT molecular complexity index is 877. The smallest absolute Gasteiger partial charge is 0.292 e. The van der Waals surface area contributed by atoms with Gasteiger partial charge < -0.3 is 5.32 Å². The highest BCUT2D eigenvalue weighted by molar-refractivity contribution is 8.02. The molecule has 1 N–H and O–H groups in total. The Kier molecular flexibility index (Phi) is 4.77. The summed E-state index contributed by atoms with van der Waals surface area (Å²) in [6.45, 7) is 1.75. The molecule has 1 atom stereocenters. The molecule has 8 heteroatoms. The maximum atomic E-state index is 12.3. The fourth-order valence-electron chi connectivity index (χ4n) is 2.08. The molecule has 0 aliphatic heterocycles. The number of nitrogens with one attached hydrogen (secondary N) is 1. The Morgan fingerprint density at radius 2 is 1.96 bits per heavy atom. The minimum atomic E-state index is -0.513. The molecular formula is C16H13N3O3S2. The molecule has 24 heavy (non-hydrogen) atoms. The Morgan fingerprint density at radius 3 is 2.71 bits per heavy atom. The van der Waals surface area contributed by atoms with E-state index < -0.39 is 10.2 Å². The number of para-hydroxylation sites is 3. The Hall–Kier alpha value is -2.45. The van der Waals surface area contributed by atoms with Crippen molar-refractivity contribution in [2.75, 3.05) is 5.32 Å². The fraction of sp³-hybridized carbons (Fsp3) is 0.125. The van der Waals surface area contributed by atoms with Gasteiger partial charge in [-0.3, -0.25) is 14.9 Å². The van der Waals surface area contributed by atoms with Gasteiger partial charge >= 0.3 is 0 Å². The second-order valence-corrected chi connectivity index (χ2v) is 7.59. The molecule has 1 aromatic heterocycles. The number of thioether (sulfide) groups is 1. The van der Waals surface area contributed by atoms with Gasteiger partial charge in [-0.15, -0.1) is 11.3 Å². The highest BCUT2D eigenvalue weighted by atomic mass is 32.2. The van der Waals surface area contributed by atoms with Crippen LogP contribution in [0.4, 0.5) is 11.4 Å². The number of rotatable bonds is 5. The van der Waals surface area contributed by atoms with Gasteiger partial charge in [0.05, 0.1) is 20.4 Å². The molecule has 2 aromatic carbocycles. The van der Waals surface area contributed by atoms with Crippen LogP contribution in [0.15, 0.2) is 52.9 Å². The van der Waals surface area contributed by atoms with Crippen LogP contribution >= 0.6 is 23.1 Å². The SMILES string of the molecule is C[C@@H](Sc1nc2ccccc2s1)C(=O)Nc1ccccc1[N+](=O)[O-]. The number of hydrogen-bond acceptors (Lipinski definition) is 6. The van der Waals surface area contributed by atoms with E-state index >= 15 is 0 Å². The number of fused-ring (bicyclic) bond motifs is 1. The van der Waals surface area contributed by atoms with Crippen LogP contribution in [0.5, 0.6) is 0 Å². The van der Waals surface area contributed by atoms with Crippen molar-refractivity contribution in [3.05, 3.63) is 58.6 Å². The molecule has 0 bridgehead atoms. The molecule has 0 saturated carbocycles. The topological polar surface area (TPSA) is 85.1 Å². The second kappa shape index (κ2) is 6.98. The van der Waals surface area contributed by atoms with E-state index in [0.29, 0.717) is 0 Å². The molecule has 3 rings (SSSR count). The third-order valence-electron chi connectivity index (χ3n) is 3.28. The van der Waals surface area contributed by atoms with Gasteiger partial charge in [-0.25, -0.2) is 4.98 Å². The van der Waals surface area contributed by atoms with E-state index in [1.54, 1.807) is 19.1 Å². The molecule has 0 saturated heterocycles. The molecule has 0 spiro atoms. The van der Waals surface area contributed by atoms with Crippen LogP contribution < -0.4 is 5.32 Å². The summed E-state index contributed by atoms with van der Waals surface area (Å²) < 4.78 is 1.85. The lowest BCUT2D eigenvalue weighted by Crippen LogP contribution is -2.22. The zero-order valence-corrected chi connectivity index (χ0v) is 14.3. The van der Waals surface area contributed by atoms with Gasteiger partial charge in [0.1, 0.15) is 5.69 Å². The molecule has 6 nitrogen and oxygen atoms in total. The molecule has 0 aliphatic rings. The first kappa shape index (κ1) is 16.4. The number of carbonyl (C=O) groups is 1. The summed E-state index contributed by atoms with van der Waals surface area (Å²) in [5.74, 6) is -0.298. The molecule has 122 valence electrons. The van der Waals surface area contributed by atoms with E-state index in [-0.39, 0.29) is 17.3 Å². The van der Waals surface area contributed by atoms with Crippen molar-refractivity contribution in [2.45, 2.75) is 16.5 Å². The van der Waals surface area contributed by atoms with E-state index in [1.165, 1.54) is 35.2 Å². The van der Waals surface area contributed by atoms with Crippen molar-refractivity contribution in [3.8, 4) is 0 Å². The summed E-state index contributed by atoms with van der Waals surface area (Å²) >= 11 is 2.86. The maximum absolute atomic E-state index is 12.3. The summed E-state index contributed by atoms with van der Waals surface area (Å²) in [4.78, 5) is 27.3. The molecule has 0 aliphatic carbocycles. The van der Waals surface area contributed by atoms with Crippen LogP contribution in [0.25, 0.3) is 10.2 Å². The molecule has 0 unspecified atom stereocenters. The van der Waals surface area contributed by atoms with Gasteiger partial charge in [-0.1, -0.05) is 36.0 Å². The van der Waals surface area contributed by atoms with Gasteiger partial charge in [0.2, 0.25) is 5.91 Å². The fourth-order valence-corrected chi connectivity index (χ4v) is 4.29. The first-order chi connectivity index (χ1) is 11.5. The van der Waals surface area contributed by atoms with Crippen LogP contribution in [-0.2, 0) is 4.79 Å². The molecule has 3 aromatic rings.